The summed E-state index contributed by atoms with van der Waals surface area (Å²) in [5.74, 6) is 0.520. The van der Waals surface area contributed by atoms with E-state index in [0.717, 1.165) is 38.5 Å². The Bertz CT molecular complexity index is 569. The third-order valence-electron chi connectivity index (χ3n) is 5.48. The van der Waals surface area contributed by atoms with Gasteiger partial charge in [-0.25, -0.2) is 0 Å². The fourth-order valence-electron chi connectivity index (χ4n) is 3.46. The molecule has 6 heteroatoms. The molecule has 1 aromatic rings. The SMILES string of the molecule is CC(C)(CCc1ccccc1)[S@+]([O-])N[C@@H](C1CC1)[C@@H]1CC[C@H](I)[C@@H](O)O1. The zero-order valence-corrected chi connectivity index (χ0v) is 18.5. The van der Waals surface area contributed by atoms with Gasteiger partial charge in [-0.2, -0.15) is 0 Å². The Morgan fingerprint density at radius 2 is 1.96 bits per heavy atom. The van der Waals surface area contributed by atoms with Gasteiger partial charge in [-0.05, 0) is 57.4 Å². The molecule has 1 heterocycles. The maximum Gasteiger partial charge on any atom is 0.166 e. The number of aliphatic hydroxyl groups is 1. The molecule has 1 saturated carbocycles. The van der Waals surface area contributed by atoms with Crippen molar-refractivity contribution in [2.24, 2.45) is 5.92 Å². The summed E-state index contributed by atoms with van der Waals surface area (Å²) in [6.45, 7) is 4.14. The molecule has 0 aromatic heterocycles. The summed E-state index contributed by atoms with van der Waals surface area (Å²) in [7, 11) is 0. The molecular formula is C20H30INO3S. The molecule has 2 aliphatic rings. The summed E-state index contributed by atoms with van der Waals surface area (Å²) in [4.78, 5) is 0. The molecule has 1 aliphatic carbocycles. The van der Waals surface area contributed by atoms with E-state index in [2.05, 4.69) is 53.3 Å². The first-order chi connectivity index (χ1) is 12.4. The van der Waals surface area contributed by atoms with Crippen LogP contribution in [0.3, 0.4) is 0 Å². The third kappa shape index (κ3) is 5.58. The fourth-order valence-corrected chi connectivity index (χ4v) is 5.19. The number of aliphatic hydroxyl groups excluding tert-OH is 1. The van der Waals surface area contributed by atoms with E-state index in [1.807, 2.05) is 18.2 Å². The average molecular weight is 491 g/mol. The van der Waals surface area contributed by atoms with Crippen LogP contribution >= 0.6 is 22.6 Å². The van der Waals surface area contributed by atoms with Crippen molar-refractivity contribution in [3.63, 3.8) is 0 Å². The molecule has 1 aliphatic heterocycles. The van der Waals surface area contributed by atoms with E-state index < -0.39 is 17.7 Å². The number of halogens is 1. The van der Waals surface area contributed by atoms with Gasteiger partial charge in [0.1, 0.15) is 4.75 Å². The van der Waals surface area contributed by atoms with E-state index in [9.17, 15) is 9.66 Å². The monoisotopic (exact) mass is 491 g/mol. The van der Waals surface area contributed by atoms with Crippen molar-refractivity contribution >= 4 is 34.0 Å². The van der Waals surface area contributed by atoms with Gasteiger partial charge in [0, 0.05) is 17.8 Å². The summed E-state index contributed by atoms with van der Waals surface area (Å²) in [5.41, 5.74) is 1.28. The van der Waals surface area contributed by atoms with Crippen LogP contribution in [-0.4, -0.2) is 36.8 Å². The van der Waals surface area contributed by atoms with Gasteiger partial charge in [0.05, 0.1) is 16.1 Å². The summed E-state index contributed by atoms with van der Waals surface area (Å²) in [6.07, 6.45) is 5.20. The Hall–Kier alpha value is 0.140. The molecule has 146 valence electrons. The van der Waals surface area contributed by atoms with E-state index >= 15 is 0 Å². The molecule has 0 amide bonds. The second kappa shape index (κ2) is 9.09. The van der Waals surface area contributed by atoms with Crippen LogP contribution in [0.4, 0.5) is 0 Å². The highest BCUT2D eigenvalue weighted by molar-refractivity contribution is 14.1. The predicted molar refractivity (Wildman–Crippen MR) is 115 cm³/mol. The zero-order chi connectivity index (χ0) is 18.7. The lowest BCUT2D eigenvalue weighted by Crippen LogP contribution is -2.54. The Kier molecular flexibility index (Phi) is 7.30. The number of benzene rings is 1. The minimum Gasteiger partial charge on any atom is -0.598 e. The number of nitrogens with one attached hydrogen (secondary N) is 1. The van der Waals surface area contributed by atoms with Crippen molar-refractivity contribution < 1.29 is 14.4 Å². The first-order valence-electron chi connectivity index (χ1n) is 9.56. The highest BCUT2D eigenvalue weighted by atomic mass is 127. The maximum atomic E-state index is 13.1. The van der Waals surface area contributed by atoms with E-state index in [-0.39, 0.29) is 20.8 Å². The summed E-state index contributed by atoms with van der Waals surface area (Å²) >= 11 is 1.10. The molecule has 4 nitrogen and oxygen atoms in total. The Morgan fingerprint density at radius 1 is 1.27 bits per heavy atom. The molecule has 5 atom stereocenters. The maximum absolute atomic E-state index is 13.1. The third-order valence-corrected chi connectivity index (χ3v) is 8.42. The molecule has 26 heavy (non-hydrogen) atoms. The fraction of sp³-hybridized carbons (Fsp3) is 0.700. The van der Waals surface area contributed by atoms with Gasteiger partial charge < -0.3 is 14.4 Å². The molecule has 1 aromatic carbocycles. The van der Waals surface area contributed by atoms with Gasteiger partial charge in [-0.3, -0.25) is 0 Å². The molecule has 3 rings (SSSR count). The number of hydrogen-bond donors (Lipinski definition) is 2. The molecule has 0 radical (unpaired) electrons. The Morgan fingerprint density at radius 3 is 2.58 bits per heavy atom. The number of ether oxygens (including phenoxy) is 1. The van der Waals surface area contributed by atoms with Crippen LogP contribution in [-0.2, 0) is 22.5 Å². The highest BCUT2D eigenvalue weighted by Crippen LogP contribution is 2.39. The molecule has 2 fully saturated rings. The highest BCUT2D eigenvalue weighted by Gasteiger charge is 2.45. The summed E-state index contributed by atoms with van der Waals surface area (Å²) in [5, 5.41) is 10.1. The van der Waals surface area contributed by atoms with Crippen molar-refractivity contribution in [1.29, 1.82) is 0 Å². The molecule has 0 spiro atoms. The lowest BCUT2D eigenvalue weighted by molar-refractivity contribution is -0.163. The van der Waals surface area contributed by atoms with Gasteiger partial charge in [-0.1, -0.05) is 52.9 Å². The van der Waals surface area contributed by atoms with Crippen LogP contribution in [0.1, 0.15) is 51.5 Å². The largest absolute Gasteiger partial charge is 0.598 e. The van der Waals surface area contributed by atoms with E-state index in [4.69, 9.17) is 4.74 Å². The van der Waals surface area contributed by atoms with Crippen LogP contribution in [0.2, 0.25) is 0 Å². The van der Waals surface area contributed by atoms with Crippen molar-refractivity contribution in [2.45, 2.75) is 79.5 Å². The van der Waals surface area contributed by atoms with Crippen LogP contribution < -0.4 is 4.72 Å². The van der Waals surface area contributed by atoms with Gasteiger partial charge >= 0.3 is 0 Å². The topological polar surface area (TPSA) is 64.5 Å². The normalized spacial score (nSPS) is 29.3. The van der Waals surface area contributed by atoms with E-state index in [1.54, 1.807) is 0 Å². The number of aryl methyl sites for hydroxylation is 1. The number of rotatable bonds is 8. The van der Waals surface area contributed by atoms with E-state index in [1.165, 1.54) is 5.56 Å². The number of alkyl halides is 1. The minimum atomic E-state index is -1.15. The van der Waals surface area contributed by atoms with Crippen molar-refractivity contribution in [1.82, 2.24) is 4.72 Å². The van der Waals surface area contributed by atoms with Crippen LogP contribution in [0.5, 0.6) is 0 Å². The summed E-state index contributed by atoms with van der Waals surface area (Å²) < 4.78 is 22.2. The molecule has 1 saturated heterocycles. The van der Waals surface area contributed by atoms with Gasteiger partial charge in [0.25, 0.3) is 0 Å². The van der Waals surface area contributed by atoms with Crippen molar-refractivity contribution in [2.75, 3.05) is 0 Å². The van der Waals surface area contributed by atoms with Crippen LogP contribution in [0, 0.1) is 5.92 Å². The first-order valence-corrected chi connectivity index (χ1v) is 12.0. The lowest BCUT2D eigenvalue weighted by atomic mass is 9.99. The second-order valence-corrected chi connectivity index (χ2v) is 11.6. The quantitative estimate of drug-likeness (QED) is 0.331. The van der Waals surface area contributed by atoms with Crippen LogP contribution in [0.15, 0.2) is 30.3 Å². The van der Waals surface area contributed by atoms with Gasteiger partial charge in [0.15, 0.2) is 6.29 Å². The molecule has 0 bridgehead atoms. The van der Waals surface area contributed by atoms with E-state index in [0.29, 0.717) is 5.92 Å². The zero-order valence-electron chi connectivity index (χ0n) is 15.6. The summed E-state index contributed by atoms with van der Waals surface area (Å²) in [6, 6.07) is 10.4. The van der Waals surface area contributed by atoms with Crippen molar-refractivity contribution in [3.8, 4) is 0 Å². The second-order valence-electron chi connectivity index (χ2n) is 8.15. The molecule has 2 N–H and O–H groups in total. The average Bonchev–Trinajstić information content (AvgIpc) is 3.46. The number of hydrogen-bond acceptors (Lipinski definition) is 4. The Balaban J connectivity index is 1.57. The minimum absolute atomic E-state index is 0.0441. The molecular weight excluding hydrogens is 461 g/mol. The van der Waals surface area contributed by atoms with Crippen LogP contribution in [0.25, 0.3) is 0 Å². The van der Waals surface area contributed by atoms with Crippen molar-refractivity contribution in [3.05, 3.63) is 35.9 Å². The molecule has 0 unspecified atom stereocenters. The first kappa shape index (κ1) is 20.9. The predicted octanol–water partition coefficient (Wildman–Crippen LogP) is 3.73. The Labute approximate surface area is 173 Å². The smallest absolute Gasteiger partial charge is 0.166 e. The van der Waals surface area contributed by atoms with Gasteiger partial charge in [-0.15, -0.1) is 4.72 Å². The standard InChI is InChI=1S/C20H30INO3S/c1-20(2,13-12-14-6-4-3-5-7-14)26(24)22-18(15-8-9-15)17-11-10-16(21)19(23)25-17/h3-7,15-19,22-23H,8-13H2,1-2H3/t16-,17-,18-,19-,26-/m0/s1. The lowest BCUT2D eigenvalue weighted by Gasteiger charge is -2.38. The van der Waals surface area contributed by atoms with Gasteiger partial charge in [0.2, 0.25) is 0 Å².